The van der Waals surface area contributed by atoms with Gasteiger partial charge in [-0.2, -0.15) is 0 Å². The van der Waals surface area contributed by atoms with Crippen LogP contribution in [0.25, 0.3) is 11.1 Å². The number of nitrogens with one attached hydrogen (secondary N) is 1. The lowest BCUT2D eigenvalue weighted by Gasteiger charge is -2.26. The topological polar surface area (TPSA) is 58.6 Å². The third-order valence-electron chi connectivity index (χ3n) is 5.69. The van der Waals surface area contributed by atoms with Gasteiger partial charge in [-0.3, -0.25) is 14.5 Å². The predicted octanol–water partition coefficient (Wildman–Crippen LogP) is 4.77. The highest BCUT2D eigenvalue weighted by atomic mass is 32.2. The zero-order valence-electron chi connectivity index (χ0n) is 18.8. The van der Waals surface area contributed by atoms with Crippen LogP contribution in [0.2, 0.25) is 0 Å². The number of carbonyl (C=O) groups excluding carboxylic acids is 2. The minimum Gasteiger partial charge on any atom is -0.379 e. The molecule has 5 nitrogen and oxygen atoms in total. The average molecular weight is 461 g/mol. The van der Waals surface area contributed by atoms with Crippen LogP contribution in [0.4, 0.5) is 5.69 Å². The second-order valence-corrected chi connectivity index (χ2v) is 8.86. The van der Waals surface area contributed by atoms with Crippen molar-refractivity contribution in [2.45, 2.75) is 11.3 Å². The minimum absolute atomic E-state index is 0.0267. The highest BCUT2D eigenvalue weighted by molar-refractivity contribution is 7.98. The fraction of sp³-hybridized carbons (Fsp3) is 0.259. The lowest BCUT2D eigenvalue weighted by molar-refractivity contribution is -0.118. The molecule has 4 rings (SSSR count). The quantitative estimate of drug-likeness (QED) is 0.388. The Morgan fingerprint density at radius 2 is 1.64 bits per heavy atom. The van der Waals surface area contributed by atoms with Crippen LogP contribution < -0.4 is 5.32 Å². The molecular formula is C27H28N2O3S. The lowest BCUT2D eigenvalue weighted by atomic mass is 9.99. The zero-order valence-corrected chi connectivity index (χ0v) is 19.6. The van der Waals surface area contributed by atoms with Crippen LogP contribution in [0.3, 0.4) is 0 Å². The van der Waals surface area contributed by atoms with Gasteiger partial charge in [0.15, 0.2) is 5.78 Å². The summed E-state index contributed by atoms with van der Waals surface area (Å²) in [5, 5.41) is 3.00. The molecule has 0 radical (unpaired) electrons. The number of anilines is 1. The minimum atomic E-state index is -0.0756. The third-order valence-corrected chi connectivity index (χ3v) is 6.49. The van der Waals surface area contributed by atoms with Crippen molar-refractivity contribution in [3.05, 3.63) is 83.9 Å². The number of rotatable bonds is 8. The number of hydrogen-bond donors (Lipinski definition) is 1. The normalized spacial score (nSPS) is 14.1. The molecule has 0 atom stereocenters. The molecule has 1 saturated heterocycles. The van der Waals surface area contributed by atoms with E-state index in [1.165, 1.54) is 0 Å². The second kappa shape index (κ2) is 11.3. The fourth-order valence-electron chi connectivity index (χ4n) is 3.86. The summed E-state index contributed by atoms with van der Waals surface area (Å²) in [5.74, 6) is -0.0490. The molecule has 3 aromatic carbocycles. The molecule has 0 bridgehead atoms. The molecule has 33 heavy (non-hydrogen) atoms. The summed E-state index contributed by atoms with van der Waals surface area (Å²) in [6.07, 6.45) is 2.28. The van der Waals surface area contributed by atoms with Crippen LogP contribution in [0.5, 0.6) is 0 Å². The van der Waals surface area contributed by atoms with Gasteiger partial charge in [-0.1, -0.05) is 60.7 Å². The molecular weight excluding hydrogens is 432 g/mol. The van der Waals surface area contributed by atoms with Crippen molar-refractivity contribution in [2.24, 2.45) is 0 Å². The number of thioether (sulfide) groups is 1. The molecule has 0 spiro atoms. The Balaban J connectivity index is 1.42. The van der Waals surface area contributed by atoms with Crippen molar-refractivity contribution < 1.29 is 14.3 Å². The van der Waals surface area contributed by atoms with Crippen LogP contribution in [-0.4, -0.2) is 55.7 Å². The van der Waals surface area contributed by atoms with E-state index < -0.39 is 0 Å². The Kier molecular flexibility index (Phi) is 7.94. The number of morpholine rings is 1. The van der Waals surface area contributed by atoms with Gasteiger partial charge < -0.3 is 10.1 Å². The Hall–Kier alpha value is -2.93. The van der Waals surface area contributed by atoms with Gasteiger partial charge in [0.2, 0.25) is 5.91 Å². The number of Topliss-reactive ketones (excluding diaryl/α,β-unsaturated/α-hetero) is 1. The average Bonchev–Trinajstić information content (AvgIpc) is 2.85. The maximum atomic E-state index is 13.0. The van der Waals surface area contributed by atoms with E-state index in [1.807, 2.05) is 60.9 Å². The third kappa shape index (κ3) is 6.32. The summed E-state index contributed by atoms with van der Waals surface area (Å²) < 4.78 is 5.34. The zero-order chi connectivity index (χ0) is 23.0. The van der Waals surface area contributed by atoms with Crippen LogP contribution in [-0.2, 0) is 16.0 Å². The maximum absolute atomic E-state index is 13.0. The van der Waals surface area contributed by atoms with E-state index in [0.29, 0.717) is 37.4 Å². The Morgan fingerprint density at radius 1 is 0.939 bits per heavy atom. The highest BCUT2D eigenvalue weighted by Gasteiger charge is 2.16. The fourth-order valence-corrected chi connectivity index (χ4v) is 4.40. The number of nitrogens with zero attached hydrogens (tertiary/aromatic N) is 1. The van der Waals surface area contributed by atoms with E-state index in [2.05, 4.69) is 22.3 Å². The first-order chi connectivity index (χ1) is 16.1. The molecule has 3 aromatic rings. The van der Waals surface area contributed by atoms with Crippen molar-refractivity contribution in [1.82, 2.24) is 4.90 Å². The number of carbonyl (C=O) groups is 2. The van der Waals surface area contributed by atoms with Crippen LogP contribution in [0.1, 0.15) is 15.9 Å². The van der Waals surface area contributed by atoms with E-state index in [9.17, 15) is 9.59 Å². The Labute approximate surface area is 199 Å². The van der Waals surface area contributed by atoms with Gasteiger partial charge in [0.25, 0.3) is 0 Å². The molecule has 170 valence electrons. The van der Waals surface area contributed by atoms with Crippen molar-refractivity contribution >= 4 is 29.1 Å². The number of ether oxygens (including phenoxy) is 1. The van der Waals surface area contributed by atoms with Crippen molar-refractivity contribution in [2.75, 3.05) is 44.4 Å². The standard InChI is InChI=1S/C27H28N2O3S/c1-33-26-12-11-23(18-24(26)28-27(31)19-29-13-15-32-16-14-29)25(30)17-20-7-9-22(10-8-20)21-5-3-2-4-6-21/h2-12,18H,13-17,19H2,1H3,(H,28,31). The summed E-state index contributed by atoms with van der Waals surface area (Å²) in [4.78, 5) is 28.6. The molecule has 1 heterocycles. The Bertz CT molecular complexity index is 1090. The molecule has 6 heteroatoms. The molecule has 0 aliphatic carbocycles. The largest absolute Gasteiger partial charge is 0.379 e. The van der Waals surface area contributed by atoms with Crippen molar-refractivity contribution in [3.63, 3.8) is 0 Å². The van der Waals surface area contributed by atoms with Crippen molar-refractivity contribution in [1.29, 1.82) is 0 Å². The van der Waals surface area contributed by atoms with Gasteiger partial charge in [-0.25, -0.2) is 0 Å². The Morgan fingerprint density at radius 3 is 2.33 bits per heavy atom. The molecule has 0 aromatic heterocycles. The molecule has 1 aliphatic heterocycles. The summed E-state index contributed by atoms with van der Waals surface area (Å²) >= 11 is 1.55. The predicted molar refractivity (Wildman–Crippen MR) is 134 cm³/mol. The molecule has 1 fully saturated rings. The van der Waals surface area contributed by atoms with Gasteiger partial charge in [-0.05, 0) is 35.1 Å². The van der Waals surface area contributed by atoms with E-state index in [0.717, 1.165) is 34.7 Å². The van der Waals surface area contributed by atoms with Gasteiger partial charge in [0.05, 0.1) is 25.4 Å². The van der Waals surface area contributed by atoms with Gasteiger partial charge in [-0.15, -0.1) is 11.8 Å². The van der Waals surface area contributed by atoms with E-state index in [1.54, 1.807) is 17.8 Å². The van der Waals surface area contributed by atoms with Crippen LogP contribution >= 0.6 is 11.8 Å². The molecule has 1 aliphatic rings. The van der Waals surface area contributed by atoms with E-state index in [4.69, 9.17) is 4.74 Å². The summed E-state index contributed by atoms with van der Waals surface area (Å²) in [6.45, 7) is 3.14. The van der Waals surface area contributed by atoms with Gasteiger partial charge in [0, 0.05) is 30.0 Å². The van der Waals surface area contributed by atoms with Crippen LogP contribution in [0, 0.1) is 0 Å². The van der Waals surface area contributed by atoms with Crippen LogP contribution in [0.15, 0.2) is 77.7 Å². The first-order valence-corrected chi connectivity index (χ1v) is 12.3. The smallest absolute Gasteiger partial charge is 0.238 e. The maximum Gasteiger partial charge on any atom is 0.238 e. The van der Waals surface area contributed by atoms with Crippen molar-refractivity contribution in [3.8, 4) is 11.1 Å². The molecule has 0 unspecified atom stereocenters. The first kappa shape index (κ1) is 23.2. The summed E-state index contributed by atoms with van der Waals surface area (Å²) in [6, 6.07) is 23.8. The molecule has 1 N–H and O–H groups in total. The second-order valence-electron chi connectivity index (χ2n) is 8.01. The number of ketones is 1. The lowest BCUT2D eigenvalue weighted by Crippen LogP contribution is -2.41. The first-order valence-electron chi connectivity index (χ1n) is 11.1. The number of amides is 1. The van der Waals surface area contributed by atoms with E-state index in [-0.39, 0.29) is 11.7 Å². The number of benzene rings is 3. The molecule has 0 saturated carbocycles. The SMILES string of the molecule is CSc1ccc(C(=O)Cc2ccc(-c3ccccc3)cc2)cc1NC(=O)CN1CCOCC1. The highest BCUT2D eigenvalue weighted by Crippen LogP contribution is 2.27. The summed E-state index contributed by atoms with van der Waals surface area (Å²) in [7, 11) is 0. The summed E-state index contributed by atoms with van der Waals surface area (Å²) in [5.41, 5.74) is 4.53. The monoisotopic (exact) mass is 460 g/mol. The number of hydrogen-bond acceptors (Lipinski definition) is 5. The molecule has 1 amide bonds. The van der Waals surface area contributed by atoms with Gasteiger partial charge >= 0.3 is 0 Å². The van der Waals surface area contributed by atoms with E-state index >= 15 is 0 Å². The van der Waals surface area contributed by atoms with Gasteiger partial charge in [0.1, 0.15) is 0 Å².